The van der Waals surface area contributed by atoms with E-state index in [0.717, 1.165) is 11.3 Å². The van der Waals surface area contributed by atoms with Crippen LogP contribution in [0.5, 0.6) is 11.5 Å². The first kappa shape index (κ1) is 22.9. The largest absolute Gasteiger partial charge is 0.493 e. The highest BCUT2D eigenvalue weighted by atomic mass is 35.5. The molecule has 9 nitrogen and oxygen atoms in total. The first-order chi connectivity index (χ1) is 14.8. The van der Waals surface area contributed by atoms with Gasteiger partial charge in [-0.1, -0.05) is 47.2 Å². The number of carbonyl (C=O) groups excluding carboxylic acids is 1. The molecule has 12 heteroatoms. The van der Waals surface area contributed by atoms with Crippen LogP contribution in [0.15, 0.2) is 52.9 Å². The Balaban J connectivity index is 1.61. The van der Waals surface area contributed by atoms with Crippen LogP contribution < -0.4 is 19.5 Å². The zero-order valence-corrected chi connectivity index (χ0v) is 18.9. The summed E-state index contributed by atoms with van der Waals surface area (Å²) in [6, 6.07) is 12.9. The molecule has 0 aliphatic carbocycles. The highest BCUT2D eigenvalue weighted by Crippen LogP contribution is 2.26. The van der Waals surface area contributed by atoms with E-state index in [4.69, 9.17) is 21.1 Å². The molecule has 0 aliphatic rings. The number of nitrogens with zero attached hydrogens (tertiary/aromatic N) is 2. The Hall–Kier alpha value is -2.73. The van der Waals surface area contributed by atoms with Crippen molar-refractivity contribution in [3.63, 3.8) is 0 Å². The third kappa shape index (κ3) is 5.91. The molecule has 0 unspecified atom stereocenters. The van der Waals surface area contributed by atoms with Gasteiger partial charge in [0, 0.05) is 0 Å². The maximum absolute atomic E-state index is 12.6. The summed E-state index contributed by atoms with van der Waals surface area (Å²) in [4.78, 5) is 12.3. The van der Waals surface area contributed by atoms with Crippen molar-refractivity contribution in [1.29, 1.82) is 0 Å². The van der Waals surface area contributed by atoms with Gasteiger partial charge in [0.2, 0.25) is 9.47 Å². The summed E-state index contributed by atoms with van der Waals surface area (Å²) in [5.41, 5.74) is 0.240. The fourth-order valence-corrected chi connectivity index (χ4v) is 4.84. The maximum Gasteiger partial charge on any atom is 0.270 e. The van der Waals surface area contributed by atoms with E-state index in [2.05, 4.69) is 20.2 Å². The summed E-state index contributed by atoms with van der Waals surface area (Å²) in [7, 11) is -2.44. The van der Waals surface area contributed by atoms with E-state index >= 15 is 0 Å². The van der Waals surface area contributed by atoms with Crippen molar-refractivity contribution in [3.05, 3.63) is 59.1 Å². The lowest BCUT2D eigenvalue weighted by atomic mass is 10.2. The number of rotatable bonds is 9. The van der Waals surface area contributed by atoms with Crippen molar-refractivity contribution >= 4 is 44.0 Å². The Kier molecular flexibility index (Phi) is 7.44. The van der Waals surface area contributed by atoms with E-state index in [1.807, 2.05) is 0 Å². The summed E-state index contributed by atoms with van der Waals surface area (Å²) in [6.45, 7) is 1.71. The Morgan fingerprint density at radius 1 is 1.13 bits per heavy atom. The molecule has 0 spiro atoms. The van der Waals surface area contributed by atoms with Gasteiger partial charge in [0.25, 0.3) is 15.9 Å². The quantitative estimate of drug-likeness (QED) is 0.449. The van der Waals surface area contributed by atoms with E-state index < -0.39 is 22.0 Å². The number of benzene rings is 2. The molecule has 3 aromatic rings. The molecule has 1 atom stereocenters. The van der Waals surface area contributed by atoms with E-state index in [-0.39, 0.29) is 26.7 Å². The van der Waals surface area contributed by atoms with Gasteiger partial charge in [0.05, 0.1) is 23.7 Å². The van der Waals surface area contributed by atoms with Crippen LogP contribution in [0.3, 0.4) is 0 Å². The third-order valence-electron chi connectivity index (χ3n) is 3.89. The normalized spacial score (nSPS) is 12.2. The van der Waals surface area contributed by atoms with Crippen LogP contribution >= 0.6 is 22.9 Å². The van der Waals surface area contributed by atoms with Crippen LogP contribution in [0.1, 0.15) is 17.3 Å². The monoisotopic (exact) mass is 482 g/mol. The molecule has 3 rings (SSSR count). The second-order valence-corrected chi connectivity index (χ2v) is 9.56. The smallest absolute Gasteiger partial charge is 0.270 e. The minimum absolute atomic E-state index is 0.0308. The molecule has 1 aromatic heterocycles. The first-order valence-electron chi connectivity index (χ1n) is 8.97. The minimum Gasteiger partial charge on any atom is -0.493 e. The number of anilines is 1. The van der Waals surface area contributed by atoms with E-state index in [1.54, 1.807) is 55.5 Å². The molecule has 0 saturated heterocycles. The fraction of sp³-hybridized carbons (Fsp3) is 0.211. The predicted octanol–water partition coefficient (Wildman–Crippen LogP) is 3.20. The topological polar surface area (TPSA) is 120 Å². The Morgan fingerprint density at radius 2 is 1.81 bits per heavy atom. The summed E-state index contributed by atoms with van der Waals surface area (Å²) in [6.07, 6.45) is 0. The van der Waals surface area contributed by atoms with Crippen LogP contribution in [0.4, 0.5) is 5.13 Å². The van der Waals surface area contributed by atoms with Crippen molar-refractivity contribution in [3.8, 4) is 11.5 Å². The molecule has 0 saturated carbocycles. The van der Waals surface area contributed by atoms with Crippen molar-refractivity contribution in [2.75, 3.05) is 19.0 Å². The number of nitrogens with one attached hydrogen (secondary N) is 2. The maximum atomic E-state index is 12.6. The third-order valence-corrected chi connectivity index (χ3v) is 7.01. The van der Waals surface area contributed by atoms with Crippen molar-refractivity contribution < 1.29 is 22.7 Å². The lowest BCUT2D eigenvalue weighted by Gasteiger charge is -2.15. The average molecular weight is 483 g/mol. The van der Waals surface area contributed by atoms with Gasteiger partial charge in [-0.15, -0.1) is 10.2 Å². The number of hydrogen-bond acceptors (Lipinski definition) is 8. The number of carbonyl (C=O) groups is 1. The lowest BCUT2D eigenvalue weighted by molar-refractivity contribution is 0.102. The van der Waals surface area contributed by atoms with E-state index in [9.17, 15) is 13.2 Å². The summed E-state index contributed by atoms with van der Waals surface area (Å²) < 4.78 is 38.2. The van der Waals surface area contributed by atoms with Crippen LogP contribution in [-0.4, -0.2) is 44.3 Å². The molecule has 0 aliphatic heterocycles. The molecular formula is C19H19ClN4O5S2. The summed E-state index contributed by atoms with van der Waals surface area (Å²) >= 11 is 6.72. The number of para-hydroxylation sites is 2. The molecule has 0 radical (unpaired) electrons. The van der Waals surface area contributed by atoms with Gasteiger partial charge in [-0.25, -0.2) is 13.1 Å². The molecule has 0 bridgehead atoms. The molecule has 164 valence electrons. The Labute approximate surface area is 188 Å². The number of halogens is 1. The first-order valence-corrected chi connectivity index (χ1v) is 11.7. The van der Waals surface area contributed by atoms with Gasteiger partial charge in [-0.05, 0) is 31.2 Å². The standard InChI is InChI=1S/C19H19ClN4O5S2/c1-12(11-29-16-10-6-5-9-15(16)28-2)24-31(26,27)19-23-22-18(30-19)21-17(25)13-7-3-4-8-14(13)20/h3-10,12,24H,11H2,1-2H3,(H,21,22,25)/t12-/m0/s1. The number of hydrogen-bond donors (Lipinski definition) is 2. The van der Waals surface area contributed by atoms with Gasteiger partial charge in [0.15, 0.2) is 11.5 Å². The molecule has 1 amide bonds. The molecule has 0 fully saturated rings. The molecule has 2 aromatic carbocycles. The second kappa shape index (κ2) is 10.1. The van der Waals surface area contributed by atoms with Gasteiger partial charge in [-0.3, -0.25) is 10.1 Å². The van der Waals surface area contributed by atoms with Crippen LogP contribution in [0, 0.1) is 0 Å². The summed E-state index contributed by atoms with van der Waals surface area (Å²) in [5.74, 6) is 0.523. The Bertz CT molecular complexity index is 1170. The number of amides is 1. The number of ether oxygens (including phenoxy) is 2. The number of methoxy groups -OCH3 is 1. The number of aromatic nitrogens is 2. The Morgan fingerprint density at radius 3 is 2.52 bits per heavy atom. The lowest BCUT2D eigenvalue weighted by Crippen LogP contribution is -2.36. The second-order valence-electron chi connectivity index (χ2n) is 6.29. The average Bonchev–Trinajstić information content (AvgIpc) is 3.22. The highest BCUT2D eigenvalue weighted by Gasteiger charge is 2.24. The SMILES string of the molecule is COc1ccccc1OC[C@H](C)NS(=O)(=O)c1nnc(NC(=O)c2ccccc2Cl)s1. The zero-order chi connectivity index (χ0) is 22.4. The van der Waals surface area contributed by atoms with Crippen LogP contribution in [0.2, 0.25) is 5.02 Å². The fourth-order valence-electron chi connectivity index (χ4n) is 2.48. The zero-order valence-electron chi connectivity index (χ0n) is 16.5. The van der Waals surface area contributed by atoms with Crippen molar-refractivity contribution in [1.82, 2.24) is 14.9 Å². The minimum atomic E-state index is -3.96. The van der Waals surface area contributed by atoms with Crippen LogP contribution in [-0.2, 0) is 10.0 Å². The van der Waals surface area contributed by atoms with Gasteiger partial charge < -0.3 is 9.47 Å². The van der Waals surface area contributed by atoms with Crippen molar-refractivity contribution in [2.45, 2.75) is 17.3 Å². The highest BCUT2D eigenvalue weighted by molar-refractivity contribution is 7.91. The van der Waals surface area contributed by atoms with Gasteiger partial charge in [-0.2, -0.15) is 0 Å². The molecule has 31 heavy (non-hydrogen) atoms. The number of sulfonamides is 1. The van der Waals surface area contributed by atoms with E-state index in [1.165, 1.54) is 7.11 Å². The van der Waals surface area contributed by atoms with E-state index in [0.29, 0.717) is 11.5 Å². The van der Waals surface area contributed by atoms with Crippen LogP contribution in [0.25, 0.3) is 0 Å². The van der Waals surface area contributed by atoms with Gasteiger partial charge >= 0.3 is 0 Å². The van der Waals surface area contributed by atoms with Crippen molar-refractivity contribution in [2.24, 2.45) is 0 Å². The van der Waals surface area contributed by atoms with Gasteiger partial charge in [0.1, 0.15) is 6.61 Å². The molecule has 2 N–H and O–H groups in total. The molecular weight excluding hydrogens is 464 g/mol. The molecule has 1 heterocycles. The predicted molar refractivity (Wildman–Crippen MR) is 118 cm³/mol. The summed E-state index contributed by atoms with van der Waals surface area (Å²) in [5, 5.41) is 10.2.